The first-order chi connectivity index (χ1) is 13.9. The Kier molecular flexibility index (Phi) is 7.33. The molecule has 0 radical (unpaired) electrons. The van der Waals surface area contributed by atoms with Gasteiger partial charge in [-0.25, -0.2) is 8.78 Å². The van der Waals surface area contributed by atoms with Gasteiger partial charge in [0.25, 0.3) is 0 Å². The van der Waals surface area contributed by atoms with E-state index in [0.717, 1.165) is 24.1 Å². The van der Waals surface area contributed by atoms with Gasteiger partial charge in [0.15, 0.2) is 11.6 Å². The van der Waals surface area contributed by atoms with E-state index in [0.29, 0.717) is 11.5 Å². The standard InChI is InChI=1S/C24H28F4O/c1-2-3-17-4-9-20(10-5-17)21-11-6-18(7-12-21)16-29-24(27,28)15-19-8-13-22(25)23(26)14-19/h6-8,11-14,17,20H,2-5,9-10,15-16H2,1H3. The summed E-state index contributed by atoms with van der Waals surface area (Å²) in [6, 6.07) is 10.4. The van der Waals surface area contributed by atoms with E-state index in [1.54, 1.807) is 0 Å². The molecule has 0 amide bonds. The Hall–Kier alpha value is -1.88. The highest BCUT2D eigenvalue weighted by Crippen LogP contribution is 2.37. The second kappa shape index (κ2) is 9.75. The van der Waals surface area contributed by atoms with Crippen LogP contribution in [0.2, 0.25) is 0 Å². The highest BCUT2D eigenvalue weighted by Gasteiger charge is 2.31. The van der Waals surface area contributed by atoms with E-state index >= 15 is 0 Å². The lowest BCUT2D eigenvalue weighted by Gasteiger charge is -2.28. The fourth-order valence-electron chi connectivity index (χ4n) is 4.21. The molecule has 0 aromatic heterocycles. The summed E-state index contributed by atoms with van der Waals surface area (Å²) >= 11 is 0. The van der Waals surface area contributed by atoms with Crippen molar-refractivity contribution >= 4 is 0 Å². The van der Waals surface area contributed by atoms with Gasteiger partial charge in [0.2, 0.25) is 0 Å². The van der Waals surface area contributed by atoms with E-state index in [1.165, 1.54) is 44.1 Å². The molecule has 1 aliphatic rings. The van der Waals surface area contributed by atoms with Crippen molar-refractivity contribution in [1.82, 2.24) is 0 Å². The number of ether oxygens (including phenoxy) is 1. The number of hydrogen-bond donors (Lipinski definition) is 0. The summed E-state index contributed by atoms with van der Waals surface area (Å²) in [7, 11) is 0. The summed E-state index contributed by atoms with van der Waals surface area (Å²) in [5.41, 5.74) is 1.92. The highest BCUT2D eigenvalue weighted by atomic mass is 19.3. The summed E-state index contributed by atoms with van der Waals surface area (Å²) in [5.74, 6) is -0.803. The smallest absolute Gasteiger partial charge is 0.315 e. The maximum Gasteiger partial charge on any atom is 0.360 e. The SMILES string of the molecule is CCCC1CCC(c2ccc(COC(F)(F)Cc3ccc(F)c(F)c3)cc2)CC1. The van der Waals surface area contributed by atoms with Crippen LogP contribution in [0.1, 0.15) is 68.1 Å². The zero-order valence-electron chi connectivity index (χ0n) is 16.8. The van der Waals surface area contributed by atoms with Crippen LogP contribution >= 0.6 is 0 Å². The van der Waals surface area contributed by atoms with Gasteiger partial charge in [-0.3, -0.25) is 0 Å². The lowest BCUT2D eigenvalue weighted by molar-refractivity contribution is -0.244. The van der Waals surface area contributed by atoms with Crippen LogP contribution in [0.5, 0.6) is 0 Å². The fourth-order valence-corrected chi connectivity index (χ4v) is 4.21. The van der Waals surface area contributed by atoms with Crippen LogP contribution in [0.15, 0.2) is 42.5 Å². The molecule has 0 N–H and O–H groups in total. The summed E-state index contributed by atoms with van der Waals surface area (Å²) in [6.07, 6.45) is 3.19. The van der Waals surface area contributed by atoms with E-state index in [9.17, 15) is 17.6 Å². The summed E-state index contributed by atoms with van der Waals surface area (Å²) in [5, 5.41) is 0. The van der Waals surface area contributed by atoms with Gasteiger partial charge in [0.05, 0.1) is 13.0 Å². The van der Waals surface area contributed by atoms with Crippen LogP contribution in [0.25, 0.3) is 0 Å². The van der Waals surface area contributed by atoms with Crippen LogP contribution in [0, 0.1) is 17.6 Å². The molecule has 0 unspecified atom stereocenters. The molecule has 1 fully saturated rings. The van der Waals surface area contributed by atoms with Crippen LogP contribution in [0.3, 0.4) is 0 Å². The topological polar surface area (TPSA) is 9.23 Å². The normalized spacial score (nSPS) is 20.0. The average Bonchev–Trinajstić information content (AvgIpc) is 2.70. The van der Waals surface area contributed by atoms with Gasteiger partial charge in [-0.15, -0.1) is 0 Å². The van der Waals surface area contributed by atoms with Crippen LogP contribution in [-0.4, -0.2) is 6.11 Å². The van der Waals surface area contributed by atoms with Crippen LogP contribution in [0.4, 0.5) is 17.6 Å². The molecule has 0 spiro atoms. The Balaban J connectivity index is 1.51. The van der Waals surface area contributed by atoms with Crippen molar-refractivity contribution in [3.05, 3.63) is 70.8 Å². The quantitative estimate of drug-likeness (QED) is 0.414. The molecule has 158 valence electrons. The first-order valence-corrected chi connectivity index (χ1v) is 10.4. The van der Waals surface area contributed by atoms with Gasteiger partial charge in [-0.2, -0.15) is 8.78 Å². The Morgan fingerprint density at radius 3 is 2.17 bits per heavy atom. The molecule has 29 heavy (non-hydrogen) atoms. The predicted molar refractivity (Wildman–Crippen MR) is 106 cm³/mol. The predicted octanol–water partition coefficient (Wildman–Crippen LogP) is 7.39. The first-order valence-electron chi connectivity index (χ1n) is 10.4. The van der Waals surface area contributed by atoms with Crippen molar-refractivity contribution in [2.24, 2.45) is 5.92 Å². The molecule has 1 nitrogen and oxygen atoms in total. The van der Waals surface area contributed by atoms with Crippen molar-refractivity contribution in [3.8, 4) is 0 Å². The fraction of sp³-hybridized carbons (Fsp3) is 0.500. The third-order valence-electron chi connectivity index (χ3n) is 5.84. The number of alkyl halides is 2. The van der Waals surface area contributed by atoms with E-state index in [2.05, 4.69) is 6.92 Å². The van der Waals surface area contributed by atoms with Gasteiger partial charge in [0.1, 0.15) is 0 Å². The molecule has 0 atom stereocenters. The van der Waals surface area contributed by atoms with Crippen molar-refractivity contribution in [2.75, 3.05) is 0 Å². The van der Waals surface area contributed by atoms with Gasteiger partial charge < -0.3 is 4.74 Å². The molecule has 1 saturated carbocycles. The third kappa shape index (κ3) is 6.30. The Bertz CT molecular complexity index is 780. The summed E-state index contributed by atoms with van der Waals surface area (Å²) < 4.78 is 59.0. The zero-order chi connectivity index (χ0) is 20.9. The van der Waals surface area contributed by atoms with Crippen LogP contribution < -0.4 is 0 Å². The minimum absolute atomic E-state index is 0.0112. The molecule has 1 aliphatic carbocycles. The van der Waals surface area contributed by atoms with E-state index in [4.69, 9.17) is 4.74 Å². The Morgan fingerprint density at radius 1 is 0.897 bits per heavy atom. The zero-order valence-corrected chi connectivity index (χ0v) is 16.8. The molecule has 3 rings (SSSR count). The molecule has 5 heteroatoms. The second-order valence-corrected chi connectivity index (χ2v) is 8.10. The molecule has 0 bridgehead atoms. The minimum atomic E-state index is -3.46. The highest BCUT2D eigenvalue weighted by molar-refractivity contribution is 5.25. The Labute approximate surface area is 170 Å². The molecule has 0 aliphatic heterocycles. The van der Waals surface area contributed by atoms with Gasteiger partial charge in [0, 0.05) is 0 Å². The van der Waals surface area contributed by atoms with Crippen molar-refractivity contribution in [3.63, 3.8) is 0 Å². The van der Waals surface area contributed by atoms with E-state index < -0.39 is 24.2 Å². The van der Waals surface area contributed by atoms with Crippen molar-refractivity contribution in [2.45, 2.75) is 70.5 Å². The van der Waals surface area contributed by atoms with Crippen molar-refractivity contribution < 1.29 is 22.3 Å². The Morgan fingerprint density at radius 2 is 1.55 bits per heavy atom. The number of hydrogen-bond acceptors (Lipinski definition) is 1. The average molecular weight is 408 g/mol. The number of benzene rings is 2. The molecule has 2 aromatic carbocycles. The third-order valence-corrected chi connectivity index (χ3v) is 5.84. The van der Waals surface area contributed by atoms with E-state index in [1.807, 2.05) is 24.3 Å². The molecule has 0 heterocycles. The summed E-state index contributed by atoms with van der Waals surface area (Å²) in [6.45, 7) is 1.99. The second-order valence-electron chi connectivity index (χ2n) is 8.10. The van der Waals surface area contributed by atoms with Gasteiger partial charge in [-0.1, -0.05) is 50.1 Å². The minimum Gasteiger partial charge on any atom is -0.315 e. The molecule has 0 saturated heterocycles. The summed E-state index contributed by atoms with van der Waals surface area (Å²) in [4.78, 5) is 0. The maximum absolute atomic E-state index is 14.1. The van der Waals surface area contributed by atoms with Crippen LogP contribution in [-0.2, 0) is 17.8 Å². The number of halogens is 4. The lowest BCUT2D eigenvalue weighted by Crippen LogP contribution is -2.24. The monoisotopic (exact) mass is 408 g/mol. The van der Waals surface area contributed by atoms with Gasteiger partial charge >= 0.3 is 6.11 Å². The largest absolute Gasteiger partial charge is 0.360 e. The van der Waals surface area contributed by atoms with E-state index in [-0.39, 0.29) is 12.2 Å². The first kappa shape index (κ1) is 21.8. The molecular formula is C24H28F4O. The van der Waals surface area contributed by atoms with Crippen molar-refractivity contribution in [1.29, 1.82) is 0 Å². The molecular weight excluding hydrogens is 380 g/mol. The lowest BCUT2D eigenvalue weighted by atomic mass is 9.77. The number of rotatable bonds is 8. The molecule has 2 aromatic rings. The maximum atomic E-state index is 14.1. The van der Waals surface area contributed by atoms with Gasteiger partial charge in [-0.05, 0) is 66.3 Å².